The number of aryl methyl sites for hydroxylation is 2. The maximum Gasteiger partial charge on any atom is 0.333 e. The first-order valence-electron chi connectivity index (χ1n) is 9.74. The van der Waals surface area contributed by atoms with Crippen molar-refractivity contribution in [1.29, 1.82) is 0 Å². The first-order chi connectivity index (χ1) is 13.9. The van der Waals surface area contributed by atoms with E-state index in [4.69, 9.17) is 0 Å². The van der Waals surface area contributed by atoms with Crippen molar-refractivity contribution in [3.8, 4) is 0 Å². The van der Waals surface area contributed by atoms with Crippen LogP contribution < -0.4 is 15.4 Å². The van der Waals surface area contributed by atoms with Crippen LogP contribution in [0.2, 0.25) is 0 Å². The highest BCUT2D eigenvalue weighted by atomic mass is 32.2. The summed E-state index contributed by atoms with van der Waals surface area (Å²) in [6.45, 7) is 0.272. The third kappa shape index (κ3) is 3.03. The molecule has 0 radical (unpaired) electrons. The van der Waals surface area contributed by atoms with Crippen LogP contribution in [0.5, 0.6) is 0 Å². The Hall–Kier alpha value is -2.72. The van der Waals surface area contributed by atoms with Crippen molar-refractivity contribution in [2.45, 2.75) is 50.1 Å². The molecule has 2 aromatic rings. The van der Waals surface area contributed by atoms with Gasteiger partial charge in [0.1, 0.15) is 10.6 Å². The first kappa shape index (κ1) is 18.3. The van der Waals surface area contributed by atoms with Crippen LogP contribution in [0.1, 0.15) is 45.6 Å². The van der Waals surface area contributed by atoms with Crippen LogP contribution in [-0.4, -0.2) is 36.6 Å². The molecule has 9 nitrogen and oxygen atoms in total. The van der Waals surface area contributed by atoms with E-state index in [-0.39, 0.29) is 29.6 Å². The van der Waals surface area contributed by atoms with E-state index >= 15 is 0 Å². The number of sulfonamides is 1. The summed E-state index contributed by atoms with van der Waals surface area (Å²) >= 11 is 0. The van der Waals surface area contributed by atoms with Crippen LogP contribution in [0.4, 0.5) is 10.5 Å². The molecule has 5 rings (SSSR count). The molecule has 1 aromatic carbocycles. The van der Waals surface area contributed by atoms with E-state index in [2.05, 4.69) is 26.5 Å². The lowest BCUT2D eigenvalue weighted by Crippen LogP contribution is -2.38. The van der Waals surface area contributed by atoms with E-state index in [0.717, 1.165) is 61.5 Å². The molecule has 2 aliphatic carbocycles. The second-order valence-corrected chi connectivity index (χ2v) is 9.31. The number of nitrogens with one attached hydrogen (secondary N) is 3. The number of benzene rings is 1. The molecule has 0 saturated carbocycles. The SMILES string of the molecule is O=C(Nc1c2c(cc3c1CCC3)CCC2)NS(=O)(=O)c1cnn2c1C(=O)CNC2. The summed E-state index contributed by atoms with van der Waals surface area (Å²) in [6, 6.07) is 1.42. The van der Waals surface area contributed by atoms with Gasteiger partial charge in [-0.3, -0.25) is 10.1 Å². The van der Waals surface area contributed by atoms with Crippen LogP contribution >= 0.6 is 0 Å². The molecule has 0 unspecified atom stereocenters. The molecular formula is C19H21N5O4S. The molecular weight excluding hydrogens is 394 g/mol. The molecule has 3 N–H and O–H groups in total. The fraction of sp³-hybridized carbons (Fsp3) is 0.421. The zero-order valence-electron chi connectivity index (χ0n) is 15.7. The molecule has 0 saturated heterocycles. The Morgan fingerprint density at radius 2 is 1.79 bits per heavy atom. The Morgan fingerprint density at radius 1 is 1.10 bits per heavy atom. The van der Waals surface area contributed by atoms with Gasteiger partial charge in [0.05, 0.1) is 19.4 Å². The molecule has 0 spiro atoms. The quantitative estimate of drug-likeness (QED) is 0.690. The van der Waals surface area contributed by atoms with Gasteiger partial charge in [0.2, 0.25) is 0 Å². The van der Waals surface area contributed by atoms with Crippen LogP contribution in [0, 0.1) is 0 Å². The highest BCUT2D eigenvalue weighted by molar-refractivity contribution is 7.90. The molecule has 10 heteroatoms. The van der Waals surface area contributed by atoms with Crippen LogP contribution in [0.3, 0.4) is 0 Å². The van der Waals surface area contributed by atoms with Crippen LogP contribution in [0.25, 0.3) is 0 Å². The van der Waals surface area contributed by atoms with Crippen molar-refractivity contribution < 1.29 is 18.0 Å². The molecule has 2 amide bonds. The van der Waals surface area contributed by atoms with Gasteiger partial charge in [-0.25, -0.2) is 22.6 Å². The lowest BCUT2D eigenvalue weighted by atomic mass is 9.99. The van der Waals surface area contributed by atoms with Crippen LogP contribution in [0.15, 0.2) is 17.2 Å². The zero-order valence-corrected chi connectivity index (χ0v) is 16.6. The molecule has 0 bridgehead atoms. The van der Waals surface area contributed by atoms with Gasteiger partial charge >= 0.3 is 6.03 Å². The number of hydrogen-bond donors (Lipinski definition) is 3. The van der Waals surface area contributed by atoms with E-state index in [1.165, 1.54) is 15.8 Å². The third-order valence-electron chi connectivity index (χ3n) is 5.85. The average molecular weight is 415 g/mol. The number of carbonyl (C=O) groups excluding carboxylic acids is 2. The van der Waals surface area contributed by atoms with Crippen molar-refractivity contribution >= 4 is 27.5 Å². The fourth-order valence-corrected chi connectivity index (χ4v) is 5.67. The van der Waals surface area contributed by atoms with Crippen LogP contribution in [-0.2, 0) is 42.4 Å². The highest BCUT2D eigenvalue weighted by Gasteiger charge is 2.32. The van der Waals surface area contributed by atoms with Gasteiger partial charge in [-0.1, -0.05) is 6.07 Å². The summed E-state index contributed by atoms with van der Waals surface area (Å²) in [5, 5.41) is 9.57. The number of aromatic nitrogens is 2. The van der Waals surface area contributed by atoms with Gasteiger partial charge in [0.15, 0.2) is 5.78 Å². The van der Waals surface area contributed by atoms with Crippen molar-refractivity contribution in [3.63, 3.8) is 0 Å². The van der Waals surface area contributed by atoms with Gasteiger partial charge in [-0.2, -0.15) is 5.10 Å². The smallest absolute Gasteiger partial charge is 0.307 e. The highest BCUT2D eigenvalue weighted by Crippen LogP contribution is 2.38. The molecule has 0 fully saturated rings. The van der Waals surface area contributed by atoms with E-state index in [9.17, 15) is 18.0 Å². The predicted molar refractivity (Wildman–Crippen MR) is 104 cm³/mol. The minimum atomic E-state index is -4.23. The maximum absolute atomic E-state index is 12.8. The Labute approximate surface area is 167 Å². The van der Waals surface area contributed by atoms with Crippen molar-refractivity contribution in [2.75, 3.05) is 11.9 Å². The predicted octanol–water partition coefficient (Wildman–Crippen LogP) is 1.11. The maximum atomic E-state index is 12.8. The van der Waals surface area contributed by atoms with E-state index in [1.54, 1.807) is 0 Å². The second-order valence-electron chi connectivity index (χ2n) is 7.66. The zero-order chi connectivity index (χ0) is 20.2. The first-order valence-corrected chi connectivity index (χ1v) is 11.2. The van der Waals surface area contributed by atoms with Gasteiger partial charge in [0, 0.05) is 5.69 Å². The topological polar surface area (TPSA) is 122 Å². The normalized spacial score (nSPS) is 17.6. The Bertz CT molecular complexity index is 1120. The summed E-state index contributed by atoms with van der Waals surface area (Å²) in [5.74, 6) is -0.381. The molecule has 152 valence electrons. The molecule has 29 heavy (non-hydrogen) atoms. The molecule has 1 aromatic heterocycles. The Morgan fingerprint density at radius 3 is 2.48 bits per heavy atom. The number of ketones is 1. The number of amides is 2. The van der Waals surface area contributed by atoms with E-state index in [1.807, 2.05) is 0 Å². The summed E-state index contributed by atoms with van der Waals surface area (Å²) in [7, 11) is -4.23. The lowest BCUT2D eigenvalue weighted by Gasteiger charge is -2.17. The number of rotatable bonds is 3. The summed E-state index contributed by atoms with van der Waals surface area (Å²) in [6.07, 6.45) is 6.89. The molecule has 3 aliphatic rings. The third-order valence-corrected chi connectivity index (χ3v) is 7.18. The van der Waals surface area contributed by atoms with Gasteiger partial charge in [-0.15, -0.1) is 0 Å². The van der Waals surface area contributed by atoms with E-state index in [0.29, 0.717) is 0 Å². The number of hydrogen-bond acceptors (Lipinski definition) is 6. The summed E-state index contributed by atoms with van der Waals surface area (Å²) < 4.78 is 28.9. The summed E-state index contributed by atoms with van der Waals surface area (Å²) in [4.78, 5) is 24.5. The second kappa shape index (κ2) is 6.67. The van der Waals surface area contributed by atoms with Gasteiger partial charge in [-0.05, 0) is 60.8 Å². The fourth-order valence-electron chi connectivity index (χ4n) is 4.61. The monoisotopic (exact) mass is 415 g/mol. The number of Topliss-reactive ketones (excluding diaryl/α,β-unsaturated/α-hetero) is 1. The standard InChI is InChI=1S/C19H21N5O4S/c25-15-8-20-10-24-18(15)16(9-21-24)29(27,28)23-19(26)22-17-13-5-1-3-11(13)7-12-4-2-6-14(12)17/h7,9,20H,1-6,8,10H2,(H2,22,23,26). The van der Waals surface area contributed by atoms with Crippen molar-refractivity contribution in [2.24, 2.45) is 0 Å². The number of anilines is 1. The van der Waals surface area contributed by atoms with E-state index < -0.39 is 16.1 Å². The minimum Gasteiger partial charge on any atom is -0.307 e. The minimum absolute atomic E-state index is 0.00876. The number of carbonyl (C=O) groups is 2. The number of nitrogens with zero attached hydrogens (tertiary/aromatic N) is 2. The van der Waals surface area contributed by atoms with Gasteiger partial charge < -0.3 is 5.32 Å². The Kier molecular flexibility index (Phi) is 4.21. The molecule has 2 heterocycles. The molecule has 1 aliphatic heterocycles. The van der Waals surface area contributed by atoms with Gasteiger partial charge in [0.25, 0.3) is 10.0 Å². The Balaban J connectivity index is 1.43. The number of fused-ring (bicyclic) bond motifs is 3. The largest absolute Gasteiger partial charge is 0.333 e. The number of urea groups is 1. The molecule has 0 atom stereocenters. The van der Waals surface area contributed by atoms with Crippen molar-refractivity contribution in [1.82, 2.24) is 19.8 Å². The average Bonchev–Trinajstić information content (AvgIpc) is 3.40. The van der Waals surface area contributed by atoms with Crippen molar-refractivity contribution in [3.05, 3.63) is 40.2 Å². The summed E-state index contributed by atoms with van der Waals surface area (Å²) in [5.41, 5.74) is 5.47. The lowest BCUT2D eigenvalue weighted by molar-refractivity contribution is 0.0955.